The second-order valence-corrected chi connectivity index (χ2v) is 4.12. The van der Waals surface area contributed by atoms with Crippen molar-refractivity contribution >= 4 is 11.9 Å². The van der Waals surface area contributed by atoms with E-state index in [-0.39, 0.29) is 19.4 Å². The third-order valence-corrected chi connectivity index (χ3v) is 2.56. The highest BCUT2D eigenvalue weighted by atomic mass is 17.5. The van der Waals surface area contributed by atoms with Gasteiger partial charge in [-0.3, -0.25) is 9.78 Å². The molecule has 112 valence electrons. The Bertz CT molecular complexity index is 267. The van der Waals surface area contributed by atoms with E-state index in [9.17, 15) is 14.7 Å². The molecule has 0 aliphatic rings. The van der Waals surface area contributed by atoms with Crippen molar-refractivity contribution in [2.75, 3.05) is 6.61 Å². The number of aliphatic hydroxyl groups is 2. The van der Waals surface area contributed by atoms with Crippen LogP contribution in [0.3, 0.4) is 0 Å². The van der Waals surface area contributed by atoms with Crippen molar-refractivity contribution in [1.82, 2.24) is 0 Å². The molecule has 0 saturated carbocycles. The van der Waals surface area contributed by atoms with Crippen LogP contribution < -0.4 is 0 Å². The molecule has 0 spiro atoms. The lowest BCUT2D eigenvalue weighted by molar-refractivity contribution is -0.461. The lowest BCUT2D eigenvalue weighted by atomic mass is 9.96. The first-order chi connectivity index (χ1) is 9.06. The fourth-order valence-electron chi connectivity index (χ4n) is 1.49. The van der Waals surface area contributed by atoms with Gasteiger partial charge in [0.15, 0.2) is 0 Å². The van der Waals surface area contributed by atoms with Gasteiger partial charge in [-0.15, -0.1) is 0 Å². The van der Waals surface area contributed by atoms with Gasteiger partial charge in [0.2, 0.25) is 0 Å². The molecule has 0 saturated heterocycles. The molecule has 0 radical (unpaired) electrons. The molecule has 0 bridgehead atoms. The number of carbonyl (C=O) groups excluding carboxylic acids is 2. The van der Waals surface area contributed by atoms with E-state index >= 15 is 0 Å². The Morgan fingerprint density at radius 3 is 2.42 bits per heavy atom. The van der Waals surface area contributed by atoms with Crippen LogP contribution in [0.25, 0.3) is 0 Å². The molecular weight excluding hydrogens is 256 g/mol. The summed E-state index contributed by atoms with van der Waals surface area (Å²) in [6.07, 6.45) is 0.829. The van der Waals surface area contributed by atoms with Crippen molar-refractivity contribution in [1.29, 1.82) is 0 Å². The monoisotopic (exact) mass is 278 g/mol. The summed E-state index contributed by atoms with van der Waals surface area (Å²) < 4.78 is 0. The highest BCUT2D eigenvalue weighted by Crippen LogP contribution is 2.15. The molecule has 0 aromatic carbocycles. The van der Waals surface area contributed by atoms with Gasteiger partial charge >= 0.3 is 11.9 Å². The Morgan fingerprint density at radius 2 is 1.89 bits per heavy atom. The van der Waals surface area contributed by atoms with E-state index in [4.69, 9.17) is 5.11 Å². The maximum atomic E-state index is 11.6. The minimum absolute atomic E-state index is 0.0618. The molecule has 0 aliphatic heterocycles. The predicted molar refractivity (Wildman–Crippen MR) is 64.3 cm³/mol. The molecule has 0 rings (SSSR count). The van der Waals surface area contributed by atoms with E-state index in [1.807, 2.05) is 0 Å². The fraction of sp³-hybridized carbons (Fsp3) is 0.833. The summed E-state index contributed by atoms with van der Waals surface area (Å²) in [4.78, 5) is 31.0. The average Bonchev–Trinajstić information content (AvgIpc) is 2.37. The van der Waals surface area contributed by atoms with Gasteiger partial charge in [-0.1, -0.05) is 13.8 Å². The topological polar surface area (TPSA) is 102 Å². The van der Waals surface area contributed by atoms with Crippen molar-refractivity contribution in [3.05, 3.63) is 0 Å². The van der Waals surface area contributed by atoms with Crippen LogP contribution in [0.5, 0.6) is 0 Å². The average molecular weight is 278 g/mol. The molecule has 2 N–H and O–H groups in total. The van der Waals surface area contributed by atoms with Gasteiger partial charge in [0, 0.05) is 18.1 Å². The van der Waals surface area contributed by atoms with Crippen LogP contribution in [0.15, 0.2) is 0 Å². The molecule has 2 unspecified atom stereocenters. The van der Waals surface area contributed by atoms with Crippen molar-refractivity contribution in [3.63, 3.8) is 0 Å². The van der Waals surface area contributed by atoms with Crippen molar-refractivity contribution in [3.8, 4) is 0 Å². The molecule has 19 heavy (non-hydrogen) atoms. The molecule has 7 heteroatoms. The smallest absolute Gasteiger partial charge is 0.352 e. The van der Waals surface area contributed by atoms with E-state index < -0.39 is 24.0 Å². The largest absolute Gasteiger partial charge is 0.396 e. The van der Waals surface area contributed by atoms with Crippen LogP contribution in [0, 0.1) is 5.92 Å². The lowest BCUT2D eigenvalue weighted by Crippen LogP contribution is -2.30. The van der Waals surface area contributed by atoms with E-state index in [2.05, 4.69) is 14.8 Å². The standard InChI is InChI=1S/C12H22O7/c1-3-6-11(15)17-19-18-12(16)9(4-2)10(14)7-5-8-13/h9-10,13-14H,3-8H2,1-2H3. The summed E-state index contributed by atoms with van der Waals surface area (Å²) >= 11 is 0. The summed E-state index contributed by atoms with van der Waals surface area (Å²) in [6.45, 7) is 3.43. The van der Waals surface area contributed by atoms with Crippen LogP contribution in [-0.4, -0.2) is 34.9 Å². The van der Waals surface area contributed by atoms with Gasteiger partial charge in [0.05, 0.1) is 12.0 Å². The summed E-state index contributed by atoms with van der Waals surface area (Å²) in [6, 6.07) is 0. The lowest BCUT2D eigenvalue weighted by Gasteiger charge is -2.18. The molecule has 7 nitrogen and oxygen atoms in total. The highest BCUT2D eigenvalue weighted by molar-refractivity contribution is 5.72. The SMILES string of the molecule is CCCC(=O)OOOC(=O)C(CC)C(O)CCCO. The fourth-order valence-corrected chi connectivity index (χ4v) is 1.49. The second-order valence-electron chi connectivity index (χ2n) is 4.12. The Hall–Kier alpha value is -1.18. The molecule has 0 aromatic rings. The van der Waals surface area contributed by atoms with Gasteiger partial charge in [-0.05, 0) is 25.7 Å². The van der Waals surface area contributed by atoms with E-state index in [1.165, 1.54) is 0 Å². The van der Waals surface area contributed by atoms with E-state index in [0.717, 1.165) is 0 Å². The minimum Gasteiger partial charge on any atom is -0.396 e. The Labute approximate surface area is 112 Å². The Balaban J connectivity index is 4.03. The number of carbonyl (C=O) groups is 2. The molecule has 0 fully saturated rings. The van der Waals surface area contributed by atoms with Crippen LogP contribution >= 0.6 is 0 Å². The first-order valence-corrected chi connectivity index (χ1v) is 6.43. The maximum Gasteiger partial charge on any atom is 0.352 e. The van der Waals surface area contributed by atoms with Crippen LogP contribution in [0.1, 0.15) is 46.0 Å². The molecule has 0 aromatic heterocycles. The maximum absolute atomic E-state index is 11.6. The molecule has 0 amide bonds. The highest BCUT2D eigenvalue weighted by Gasteiger charge is 2.27. The third-order valence-electron chi connectivity index (χ3n) is 2.56. The molecular formula is C12H22O7. The second kappa shape index (κ2) is 10.7. The van der Waals surface area contributed by atoms with Gasteiger partial charge in [0.25, 0.3) is 0 Å². The van der Waals surface area contributed by atoms with Crippen molar-refractivity contribution < 1.29 is 34.6 Å². The quantitative estimate of drug-likeness (QED) is 0.451. The van der Waals surface area contributed by atoms with Crippen molar-refractivity contribution in [2.45, 2.75) is 52.1 Å². The van der Waals surface area contributed by atoms with Gasteiger partial charge in [-0.25, -0.2) is 9.59 Å². The summed E-state index contributed by atoms with van der Waals surface area (Å²) in [5.41, 5.74) is 0. The number of hydrogen-bond donors (Lipinski definition) is 2. The predicted octanol–water partition coefficient (Wildman–Crippen LogP) is 0.879. The molecule has 0 aliphatic carbocycles. The normalized spacial score (nSPS) is 13.7. The van der Waals surface area contributed by atoms with Gasteiger partial charge in [0.1, 0.15) is 0 Å². The van der Waals surface area contributed by atoms with E-state index in [1.54, 1.807) is 13.8 Å². The van der Waals surface area contributed by atoms with Crippen LogP contribution in [0.2, 0.25) is 0 Å². The first kappa shape index (κ1) is 17.8. The third kappa shape index (κ3) is 7.76. The zero-order chi connectivity index (χ0) is 14.7. The summed E-state index contributed by atoms with van der Waals surface area (Å²) in [7, 11) is 0. The Kier molecular flexibility index (Phi) is 10.1. The van der Waals surface area contributed by atoms with Gasteiger partial charge in [-0.2, -0.15) is 0 Å². The van der Waals surface area contributed by atoms with Crippen LogP contribution in [0.4, 0.5) is 0 Å². The Morgan fingerprint density at radius 1 is 1.21 bits per heavy atom. The summed E-state index contributed by atoms with van der Waals surface area (Å²) in [5, 5.41) is 22.5. The number of hydrogen-bond acceptors (Lipinski definition) is 7. The number of aliphatic hydroxyl groups excluding tert-OH is 2. The molecule has 0 heterocycles. The van der Waals surface area contributed by atoms with Crippen LogP contribution in [-0.2, 0) is 24.4 Å². The zero-order valence-corrected chi connectivity index (χ0v) is 11.3. The van der Waals surface area contributed by atoms with Gasteiger partial charge < -0.3 is 10.2 Å². The molecule has 2 atom stereocenters. The summed E-state index contributed by atoms with van der Waals surface area (Å²) in [5.74, 6) is -2.22. The van der Waals surface area contributed by atoms with Crippen molar-refractivity contribution in [2.24, 2.45) is 5.92 Å². The minimum atomic E-state index is -0.931. The number of rotatable bonds is 10. The van der Waals surface area contributed by atoms with E-state index in [0.29, 0.717) is 19.3 Å². The zero-order valence-electron chi connectivity index (χ0n) is 11.3. The first-order valence-electron chi connectivity index (χ1n) is 6.43.